The summed E-state index contributed by atoms with van der Waals surface area (Å²) in [4.78, 5) is 2.55. The standard InChI is InChI=1S/C15H20N2O3S/c1-21(18,19)15-4-2-3-14(11-15)20-10-9-17-7-5-13(12-16)6-8-17/h2-4,11,13H,5-10H2,1H3. The molecule has 6 heteroatoms. The van der Waals surface area contributed by atoms with Gasteiger partial charge in [0.15, 0.2) is 9.84 Å². The molecule has 0 aromatic heterocycles. The average molecular weight is 308 g/mol. The highest BCUT2D eigenvalue weighted by atomic mass is 32.2. The molecule has 1 aromatic carbocycles. The molecule has 5 nitrogen and oxygen atoms in total. The monoisotopic (exact) mass is 308 g/mol. The summed E-state index contributed by atoms with van der Waals surface area (Å²) in [5.74, 6) is 0.762. The van der Waals surface area contributed by atoms with Gasteiger partial charge in [0.25, 0.3) is 0 Å². The van der Waals surface area contributed by atoms with E-state index in [1.165, 1.54) is 6.26 Å². The Balaban J connectivity index is 1.81. The van der Waals surface area contributed by atoms with Crippen molar-refractivity contribution in [3.8, 4) is 11.8 Å². The maximum Gasteiger partial charge on any atom is 0.175 e. The van der Waals surface area contributed by atoms with Crippen molar-refractivity contribution in [3.63, 3.8) is 0 Å². The topological polar surface area (TPSA) is 70.4 Å². The van der Waals surface area contributed by atoms with Gasteiger partial charge < -0.3 is 4.74 Å². The summed E-state index contributed by atoms with van der Waals surface area (Å²) in [7, 11) is -3.20. The normalized spacial score (nSPS) is 17.3. The number of rotatable bonds is 5. The zero-order valence-corrected chi connectivity index (χ0v) is 13.0. The summed E-state index contributed by atoms with van der Waals surface area (Å²) in [5.41, 5.74) is 0. The minimum absolute atomic E-state index is 0.189. The highest BCUT2D eigenvalue weighted by molar-refractivity contribution is 7.90. The van der Waals surface area contributed by atoms with Gasteiger partial charge in [-0.05, 0) is 44.1 Å². The van der Waals surface area contributed by atoms with Crippen molar-refractivity contribution in [1.29, 1.82) is 5.26 Å². The van der Waals surface area contributed by atoms with Crippen molar-refractivity contribution in [2.75, 3.05) is 32.5 Å². The summed E-state index contributed by atoms with van der Waals surface area (Å²) in [5, 5.41) is 8.85. The Morgan fingerprint density at radius 2 is 2.10 bits per heavy atom. The molecule has 1 aromatic rings. The highest BCUT2D eigenvalue weighted by Crippen LogP contribution is 2.18. The van der Waals surface area contributed by atoms with Gasteiger partial charge in [-0.25, -0.2) is 8.42 Å². The predicted molar refractivity (Wildman–Crippen MR) is 79.8 cm³/mol. The lowest BCUT2D eigenvalue weighted by Crippen LogP contribution is -2.36. The van der Waals surface area contributed by atoms with E-state index in [2.05, 4.69) is 11.0 Å². The van der Waals surface area contributed by atoms with Crippen molar-refractivity contribution < 1.29 is 13.2 Å². The summed E-state index contributed by atoms with van der Waals surface area (Å²) in [6, 6.07) is 8.87. The van der Waals surface area contributed by atoms with Crippen LogP contribution in [0.25, 0.3) is 0 Å². The minimum atomic E-state index is -3.20. The van der Waals surface area contributed by atoms with E-state index in [9.17, 15) is 8.42 Å². The Hall–Kier alpha value is -1.58. The van der Waals surface area contributed by atoms with Crippen LogP contribution in [0.2, 0.25) is 0 Å². The second-order valence-electron chi connectivity index (χ2n) is 5.34. The van der Waals surface area contributed by atoms with Crippen LogP contribution in [0.5, 0.6) is 5.75 Å². The third-order valence-corrected chi connectivity index (χ3v) is 4.79. The van der Waals surface area contributed by atoms with Crippen molar-refractivity contribution in [2.24, 2.45) is 5.92 Å². The minimum Gasteiger partial charge on any atom is -0.492 e. The molecule has 1 aliphatic heterocycles. The Morgan fingerprint density at radius 1 is 1.38 bits per heavy atom. The van der Waals surface area contributed by atoms with Crippen LogP contribution in [-0.2, 0) is 9.84 Å². The van der Waals surface area contributed by atoms with E-state index < -0.39 is 9.84 Å². The zero-order valence-electron chi connectivity index (χ0n) is 12.2. The number of hydrogen-bond donors (Lipinski definition) is 0. The summed E-state index contributed by atoms with van der Waals surface area (Å²) in [6.45, 7) is 3.15. The molecule has 114 valence electrons. The molecule has 2 rings (SSSR count). The van der Waals surface area contributed by atoms with Gasteiger partial charge in [0, 0.05) is 18.7 Å². The molecule has 21 heavy (non-hydrogen) atoms. The number of sulfone groups is 1. The molecule has 1 saturated heterocycles. The molecule has 0 unspecified atom stereocenters. The molecule has 0 N–H and O–H groups in total. The van der Waals surface area contributed by atoms with Gasteiger partial charge in [0.1, 0.15) is 12.4 Å². The number of hydrogen-bond acceptors (Lipinski definition) is 5. The van der Waals surface area contributed by atoms with E-state index in [-0.39, 0.29) is 10.8 Å². The number of likely N-dealkylation sites (tertiary alicyclic amines) is 1. The van der Waals surface area contributed by atoms with Crippen molar-refractivity contribution in [3.05, 3.63) is 24.3 Å². The van der Waals surface area contributed by atoms with Crippen LogP contribution >= 0.6 is 0 Å². The van der Waals surface area contributed by atoms with Crippen LogP contribution in [0.1, 0.15) is 12.8 Å². The second kappa shape index (κ2) is 6.92. The predicted octanol–water partition coefficient (Wildman–Crippen LogP) is 1.70. The fourth-order valence-corrected chi connectivity index (χ4v) is 3.03. The molecule has 1 fully saturated rings. The SMILES string of the molecule is CS(=O)(=O)c1cccc(OCCN2CCC(C#N)CC2)c1. The molecular formula is C15H20N2O3S. The Morgan fingerprint density at radius 3 is 2.71 bits per heavy atom. The average Bonchev–Trinajstić information content (AvgIpc) is 2.47. The van der Waals surface area contributed by atoms with E-state index in [0.29, 0.717) is 12.4 Å². The van der Waals surface area contributed by atoms with Crippen LogP contribution in [0.4, 0.5) is 0 Å². The number of nitriles is 1. The lowest BCUT2D eigenvalue weighted by atomic mass is 9.99. The van der Waals surface area contributed by atoms with Gasteiger partial charge in [-0.3, -0.25) is 4.90 Å². The van der Waals surface area contributed by atoms with Gasteiger partial charge in [0.05, 0.1) is 11.0 Å². The summed E-state index contributed by atoms with van der Waals surface area (Å²) in [6.07, 6.45) is 3.02. The molecule has 0 radical (unpaired) electrons. The molecule has 0 spiro atoms. The third-order valence-electron chi connectivity index (χ3n) is 3.68. The van der Waals surface area contributed by atoms with Crippen LogP contribution < -0.4 is 4.74 Å². The first-order valence-electron chi connectivity index (χ1n) is 7.04. The lowest BCUT2D eigenvalue weighted by Gasteiger charge is -2.28. The molecule has 0 bridgehead atoms. The molecule has 0 atom stereocenters. The van der Waals surface area contributed by atoms with Crippen LogP contribution in [0.15, 0.2) is 29.2 Å². The van der Waals surface area contributed by atoms with Crippen LogP contribution in [-0.4, -0.2) is 45.8 Å². The van der Waals surface area contributed by atoms with Crippen LogP contribution in [0.3, 0.4) is 0 Å². The van der Waals surface area contributed by atoms with Gasteiger partial charge in [-0.15, -0.1) is 0 Å². The number of nitrogens with zero attached hydrogens (tertiary/aromatic N) is 2. The maximum atomic E-state index is 11.5. The third kappa shape index (κ3) is 4.73. The Bertz CT molecular complexity index is 614. The molecule has 0 saturated carbocycles. The largest absolute Gasteiger partial charge is 0.492 e. The summed E-state index contributed by atoms with van der Waals surface area (Å²) >= 11 is 0. The Kier molecular flexibility index (Phi) is 5.21. The molecule has 1 heterocycles. The molecule has 0 aliphatic carbocycles. The first-order valence-corrected chi connectivity index (χ1v) is 8.93. The van der Waals surface area contributed by atoms with Crippen molar-refractivity contribution >= 4 is 9.84 Å². The number of benzene rings is 1. The number of ether oxygens (including phenoxy) is 1. The summed E-state index contributed by atoms with van der Waals surface area (Å²) < 4.78 is 28.6. The number of piperidine rings is 1. The highest BCUT2D eigenvalue weighted by Gasteiger charge is 2.18. The van der Waals surface area contributed by atoms with Gasteiger partial charge >= 0.3 is 0 Å². The van der Waals surface area contributed by atoms with E-state index in [1.807, 2.05) is 0 Å². The van der Waals surface area contributed by atoms with E-state index in [0.717, 1.165) is 32.5 Å². The fourth-order valence-electron chi connectivity index (χ4n) is 2.37. The van der Waals surface area contributed by atoms with Crippen molar-refractivity contribution in [1.82, 2.24) is 4.90 Å². The zero-order chi connectivity index (χ0) is 15.3. The van der Waals surface area contributed by atoms with Gasteiger partial charge in [0.2, 0.25) is 0 Å². The molecule has 1 aliphatic rings. The smallest absolute Gasteiger partial charge is 0.175 e. The van der Waals surface area contributed by atoms with E-state index in [4.69, 9.17) is 10.00 Å². The second-order valence-corrected chi connectivity index (χ2v) is 7.36. The Labute approximate surface area is 126 Å². The molecule has 0 amide bonds. The van der Waals surface area contributed by atoms with Crippen molar-refractivity contribution in [2.45, 2.75) is 17.7 Å². The quantitative estimate of drug-likeness (QED) is 0.828. The fraction of sp³-hybridized carbons (Fsp3) is 0.533. The lowest BCUT2D eigenvalue weighted by molar-refractivity contribution is 0.169. The first kappa shape index (κ1) is 15.8. The van der Waals surface area contributed by atoms with E-state index in [1.54, 1.807) is 24.3 Å². The maximum absolute atomic E-state index is 11.5. The van der Waals surface area contributed by atoms with E-state index >= 15 is 0 Å². The van der Waals surface area contributed by atoms with Crippen LogP contribution in [0, 0.1) is 17.2 Å². The molecular weight excluding hydrogens is 288 g/mol. The first-order chi connectivity index (χ1) is 9.99. The van der Waals surface area contributed by atoms with Gasteiger partial charge in [-0.2, -0.15) is 5.26 Å². The van der Waals surface area contributed by atoms with Gasteiger partial charge in [-0.1, -0.05) is 6.07 Å².